The van der Waals surface area contributed by atoms with E-state index in [1.54, 1.807) is 13.3 Å². The van der Waals surface area contributed by atoms with Crippen LogP contribution < -0.4 is 14.8 Å². The number of pyridine rings is 1. The molecule has 0 spiro atoms. The van der Waals surface area contributed by atoms with E-state index in [-0.39, 0.29) is 0 Å². The van der Waals surface area contributed by atoms with Gasteiger partial charge in [-0.3, -0.25) is 0 Å². The molecule has 20 heavy (non-hydrogen) atoms. The first-order valence-electron chi connectivity index (χ1n) is 6.78. The molecule has 1 aromatic carbocycles. The van der Waals surface area contributed by atoms with Crippen molar-refractivity contribution in [1.29, 1.82) is 0 Å². The Labute approximate surface area is 119 Å². The van der Waals surface area contributed by atoms with Crippen molar-refractivity contribution >= 4 is 5.82 Å². The van der Waals surface area contributed by atoms with E-state index in [2.05, 4.69) is 17.2 Å². The van der Waals surface area contributed by atoms with Gasteiger partial charge in [-0.15, -0.1) is 0 Å². The Morgan fingerprint density at radius 3 is 2.65 bits per heavy atom. The molecule has 0 unspecified atom stereocenters. The molecule has 0 saturated carbocycles. The molecule has 4 heteroatoms. The van der Waals surface area contributed by atoms with Gasteiger partial charge in [0.25, 0.3) is 0 Å². The zero-order chi connectivity index (χ0) is 14.2. The van der Waals surface area contributed by atoms with Crippen LogP contribution in [0.3, 0.4) is 0 Å². The summed E-state index contributed by atoms with van der Waals surface area (Å²) in [6.45, 7) is 3.48. The van der Waals surface area contributed by atoms with E-state index in [9.17, 15) is 0 Å². The molecule has 0 aliphatic rings. The van der Waals surface area contributed by atoms with E-state index in [0.29, 0.717) is 13.2 Å². The number of hydrogen-bond acceptors (Lipinski definition) is 4. The second-order valence-electron chi connectivity index (χ2n) is 4.40. The lowest BCUT2D eigenvalue weighted by Crippen LogP contribution is -2.05. The largest absolute Gasteiger partial charge is 0.497 e. The summed E-state index contributed by atoms with van der Waals surface area (Å²) in [7, 11) is 1.67. The van der Waals surface area contributed by atoms with Crippen LogP contribution in [0.2, 0.25) is 0 Å². The first kappa shape index (κ1) is 14.2. The quantitative estimate of drug-likeness (QED) is 0.838. The molecule has 4 nitrogen and oxygen atoms in total. The molecule has 0 fully saturated rings. The third kappa shape index (κ3) is 3.88. The number of rotatable bonds is 7. The lowest BCUT2D eigenvalue weighted by Gasteiger charge is -2.11. The van der Waals surface area contributed by atoms with Gasteiger partial charge < -0.3 is 14.8 Å². The predicted molar refractivity (Wildman–Crippen MR) is 80.3 cm³/mol. The molecule has 2 aromatic rings. The first-order chi connectivity index (χ1) is 9.83. The monoisotopic (exact) mass is 272 g/mol. The summed E-state index contributed by atoms with van der Waals surface area (Å²) in [4.78, 5) is 4.32. The standard InChI is InChI=1S/C16H20N2O2/c1-3-11-20-15-5-4-10-17-16(15)18-12-13-6-8-14(19-2)9-7-13/h4-10H,3,11-12H2,1-2H3,(H,17,18). The van der Waals surface area contributed by atoms with Crippen molar-refractivity contribution in [3.8, 4) is 11.5 Å². The third-order valence-electron chi connectivity index (χ3n) is 2.85. The maximum Gasteiger partial charge on any atom is 0.169 e. The minimum Gasteiger partial charge on any atom is -0.497 e. The van der Waals surface area contributed by atoms with E-state index in [1.165, 1.54) is 0 Å². The Morgan fingerprint density at radius 1 is 1.15 bits per heavy atom. The fraction of sp³-hybridized carbons (Fsp3) is 0.312. The molecule has 106 valence electrons. The SMILES string of the molecule is CCCOc1cccnc1NCc1ccc(OC)cc1. The third-order valence-corrected chi connectivity index (χ3v) is 2.85. The van der Waals surface area contributed by atoms with Gasteiger partial charge in [0.15, 0.2) is 11.6 Å². The summed E-state index contributed by atoms with van der Waals surface area (Å²) >= 11 is 0. The Hall–Kier alpha value is -2.23. The summed E-state index contributed by atoms with van der Waals surface area (Å²) in [5, 5.41) is 3.30. The summed E-state index contributed by atoms with van der Waals surface area (Å²) in [6, 6.07) is 11.8. The highest BCUT2D eigenvalue weighted by atomic mass is 16.5. The van der Waals surface area contributed by atoms with Crippen molar-refractivity contribution in [1.82, 2.24) is 4.98 Å². The van der Waals surface area contributed by atoms with E-state index in [0.717, 1.165) is 29.3 Å². The maximum atomic E-state index is 5.67. The van der Waals surface area contributed by atoms with Crippen LogP contribution in [0.1, 0.15) is 18.9 Å². The van der Waals surface area contributed by atoms with Gasteiger partial charge in [-0.05, 0) is 36.2 Å². The number of methoxy groups -OCH3 is 1. The van der Waals surface area contributed by atoms with Gasteiger partial charge in [0.1, 0.15) is 5.75 Å². The highest BCUT2D eigenvalue weighted by Gasteiger charge is 2.04. The van der Waals surface area contributed by atoms with E-state index >= 15 is 0 Å². The first-order valence-corrected chi connectivity index (χ1v) is 6.78. The van der Waals surface area contributed by atoms with Crippen molar-refractivity contribution in [2.45, 2.75) is 19.9 Å². The van der Waals surface area contributed by atoms with Crippen LogP contribution in [0.25, 0.3) is 0 Å². The summed E-state index contributed by atoms with van der Waals surface area (Å²) in [5.74, 6) is 2.43. The number of aromatic nitrogens is 1. The summed E-state index contributed by atoms with van der Waals surface area (Å²) in [5.41, 5.74) is 1.16. The lowest BCUT2D eigenvalue weighted by atomic mass is 10.2. The van der Waals surface area contributed by atoms with E-state index in [4.69, 9.17) is 9.47 Å². The van der Waals surface area contributed by atoms with Crippen molar-refractivity contribution in [3.63, 3.8) is 0 Å². The van der Waals surface area contributed by atoms with Crippen molar-refractivity contribution in [3.05, 3.63) is 48.2 Å². The zero-order valence-electron chi connectivity index (χ0n) is 11.9. The van der Waals surface area contributed by atoms with Crippen LogP contribution >= 0.6 is 0 Å². The van der Waals surface area contributed by atoms with Gasteiger partial charge in [0.2, 0.25) is 0 Å². The maximum absolute atomic E-state index is 5.67. The average Bonchev–Trinajstić information content (AvgIpc) is 2.52. The van der Waals surface area contributed by atoms with Crippen LogP contribution in [0.4, 0.5) is 5.82 Å². The number of hydrogen-bond donors (Lipinski definition) is 1. The minimum atomic E-state index is 0.697. The molecule has 1 aromatic heterocycles. The smallest absolute Gasteiger partial charge is 0.169 e. The highest BCUT2D eigenvalue weighted by molar-refractivity contribution is 5.49. The molecule has 1 N–H and O–H groups in total. The second kappa shape index (κ2) is 7.38. The molecule has 0 bridgehead atoms. The Balaban J connectivity index is 1.98. The van der Waals surface area contributed by atoms with Crippen LogP contribution in [-0.2, 0) is 6.54 Å². The number of nitrogens with zero attached hydrogens (tertiary/aromatic N) is 1. The Bertz CT molecular complexity index is 526. The lowest BCUT2D eigenvalue weighted by molar-refractivity contribution is 0.318. The van der Waals surface area contributed by atoms with E-state index < -0.39 is 0 Å². The normalized spacial score (nSPS) is 10.1. The zero-order valence-corrected chi connectivity index (χ0v) is 11.9. The topological polar surface area (TPSA) is 43.4 Å². The van der Waals surface area contributed by atoms with Crippen LogP contribution in [0.5, 0.6) is 11.5 Å². The molecular weight excluding hydrogens is 252 g/mol. The van der Waals surface area contributed by atoms with Gasteiger partial charge in [0, 0.05) is 12.7 Å². The van der Waals surface area contributed by atoms with Gasteiger partial charge in [0.05, 0.1) is 13.7 Å². The van der Waals surface area contributed by atoms with Crippen LogP contribution in [0, 0.1) is 0 Å². The number of benzene rings is 1. The van der Waals surface area contributed by atoms with Crippen molar-refractivity contribution in [2.75, 3.05) is 19.0 Å². The number of anilines is 1. The van der Waals surface area contributed by atoms with Gasteiger partial charge in [-0.2, -0.15) is 0 Å². The highest BCUT2D eigenvalue weighted by Crippen LogP contribution is 2.22. The predicted octanol–water partition coefficient (Wildman–Crippen LogP) is 3.49. The molecule has 1 heterocycles. The number of ether oxygens (including phenoxy) is 2. The van der Waals surface area contributed by atoms with Crippen LogP contribution in [0.15, 0.2) is 42.6 Å². The summed E-state index contributed by atoms with van der Waals surface area (Å²) < 4.78 is 10.8. The fourth-order valence-electron chi connectivity index (χ4n) is 1.78. The van der Waals surface area contributed by atoms with Crippen LogP contribution in [-0.4, -0.2) is 18.7 Å². The second-order valence-corrected chi connectivity index (χ2v) is 4.40. The van der Waals surface area contributed by atoms with Crippen molar-refractivity contribution in [2.24, 2.45) is 0 Å². The Kier molecular flexibility index (Phi) is 5.24. The summed E-state index contributed by atoms with van der Waals surface area (Å²) in [6.07, 6.45) is 2.74. The molecule has 0 saturated heterocycles. The molecule has 0 aliphatic heterocycles. The van der Waals surface area contributed by atoms with Gasteiger partial charge in [-0.25, -0.2) is 4.98 Å². The molecule has 0 atom stereocenters. The Morgan fingerprint density at radius 2 is 1.95 bits per heavy atom. The molecule has 2 rings (SSSR count). The molecule has 0 aliphatic carbocycles. The van der Waals surface area contributed by atoms with Crippen molar-refractivity contribution < 1.29 is 9.47 Å². The average molecular weight is 272 g/mol. The van der Waals surface area contributed by atoms with Gasteiger partial charge >= 0.3 is 0 Å². The molecular formula is C16H20N2O2. The molecule has 0 amide bonds. The number of nitrogens with one attached hydrogen (secondary N) is 1. The van der Waals surface area contributed by atoms with E-state index in [1.807, 2.05) is 36.4 Å². The fourth-order valence-corrected chi connectivity index (χ4v) is 1.78. The molecule has 0 radical (unpaired) electrons. The van der Waals surface area contributed by atoms with Gasteiger partial charge in [-0.1, -0.05) is 19.1 Å². The minimum absolute atomic E-state index is 0.697.